The molecular weight excluding hydrogens is 603 g/mol. The number of carboxylic acid groups (broad SMARTS) is 1. The van der Waals surface area contributed by atoms with Gasteiger partial charge in [-0.15, -0.1) is 22.7 Å². The van der Waals surface area contributed by atoms with Crippen LogP contribution in [0.1, 0.15) is 66.1 Å². The van der Waals surface area contributed by atoms with Crippen LogP contribution in [0.2, 0.25) is 0 Å². The SMILES string of the molecule is Cc1ccc2c(c1)C=Cc1cc(C)ccc1C2c1cn(Cc2nc(C(=O)Nc3nc(CC(=O)O)cs3)cs2)c(=O)[nH]c1=S. The average molecular weight is 628 g/mol. The van der Waals surface area contributed by atoms with E-state index in [0.717, 1.165) is 50.3 Å². The Morgan fingerprint density at radius 3 is 2.33 bits per heavy atom. The summed E-state index contributed by atoms with van der Waals surface area (Å²) in [6, 6.07) is 12.7. The highest BCUT2D eigenvalue weighted by Gasteiger charge is 2.26. The lowest BCUT2D eigenvalue weighted by molar-refractivity contribution is -0.136. The second-order valence-corrected chi connectivity index (χ2v) is 12.5. The van der Waals surface area contributed by atoms with E-state index in [1.807, 2.05) is 0 Å². The van der Waals surface area contributed by atoms with Crippen LogP contribution in [-0.2, 0) is 17.8 Å². The van der Waals surface area contributed by atoms with Gasteiger partial charge in [-0.05, 0) is 36.1 Å². The monoisotopic (exact) mass is 627 g/mol. The Labute approximate surface area is 259 Å². The molecule has 0 atom stereocenters. The van der Waals surface area contributed by atoms with Crippen molar-refractivity contribution in [2.45, 2.75) is 32.7 Å². The zero-order chi connectivity index (χ0) is 30.2. The number of nitrogens with zero attached hydrogens (tertiary/aromatic N) is 3. The maximum absolute atomic E-state index is 13.1. The molecule has 6 rings (SSSR count). The quantitative estimate of drug-likeness (QED) is 0.184. The first-order valence-corrected chi connectivity index (χ1v) is 15.5. The molecule has 0 spiro atoms. The molecule has 0 radical (unpaired) electrons. The minimum atomic E-state index is -0.999. The van der Waals surface area contributed by atoms with Gasteiger partial charge in [0.1, 0.15) is 15.3 Å². The number of aliphatic carboxylic acids is 1. The number of fused-ring (bicyclic) bond motifs is 2. The Kier molecular flexibility index (Phi) is 7.74. The van der Waals surface area contributed by atoms with Gasteiger partial charge in [-0.25, -0.2) is 14.8 Å². The molecule has 216 valence electrons. The molecule has 0 fully saturated rings. The summed E-state index contributed by atoms with van der Waals surface area (Å²) in [5, 5.41) is 15.6. The predicted octanol–water partition coefficient (Wildman–Crippen LogP) is 6.03. The number of benzene rings is 2. The van der Waals surface area contributed by atoms with Crippen LogP contribution in [0.25, 0.3) is 12.2 Å². The van der Waals surface area contributed by atoms with Crippen molar-refractivity contribution >= 4 is 64.1 Å². The Hall–Kier alpha value is -4.52. The number of hydrogen-bond donors (Lipinski definition) is 3. The molecule has 1 aliphatic rings. The number of aryl methyl sites for hydroxylation is 2. The highest BCUT2D eigenvalue weighted by Crippen LogP contribution is 2.40. The second-order valence-electron chi connectivity index (χ2n) is 10.3. The number of nitrogens with one attached hydrogen (secondary N) is 2. The molecule has 0 saturated carbocycles. The van der Waals surface area contributed by atoms with E-state index in [2.05, 4.69) is 82.7 Å². The number of carbonyl (C=O) groups is 2. The van der Waals surface area contributed by atoms with Gasteiger partial charge >= 0.3 is 11.7 Å². The zero-order valence-electron chi connectivity index (χ0n) is 23.1. The van der Waals surface area contributed by atoms with E-state index in [4.69, 9.17) is 17.3 Å². The smallest absolute Gasteiger partial charge is 0.326 e. The number of H-pyrrole nitrogens is 1. The van der Waals surface area contributed by atoms with E-state index in [9.17, 15) is 14.4 Å². The zero-order valence-corrected chi connectivity index (χ0v) is 25.5. The molecule has 3 aromatic heterocycles. The van der Waals surface area contributed by atoms with Gasteiger partial charge in [-0.2, -0.15) is 0 Å². The van der Waals surface area contributed by atoms with Crippen LogP contribution in [0.15, 0.2) is 58.1 Å². The van der Waals surface area contributed by atoms with E-state index in [1.165, 1.54) is 15.9 Å². The predicted molar refractivity (Wildman–Crippen MR) is 171 cm³/mol. The number of amides is 1. The molecule has 43 heavy (non-hydrogen) atoms. The average Bonchev–Trinajstić information content (AvgIpc) is 3.57. The Balaban J connectivity index is 1.32. The van der Waals surface area contributed by atoms with E-state index >= 15 is 0 Å². The van der Waals surface area contributed by atoms with Crippen molar-refractivity contribution in [1.29, 1.82) is 0 Å². The van der Waals surface area contributed by atoms with E-state index in [1.54, 1.807) is 17.0 Å². The summed E-state index contributed by atoms with van der Waals surface area (Å²) in [6.45, 7) is 4.27. The molecular formula is C31H25N5O4S3. The van der Waals surface area contributed by atoms with Crippen LogP contribution in [0, 0.1) is 18.5 Å². The van der Waals surface area contributed by atoms with Crippen molar-refractivity contribution in [1.82, 2.24) is 19.5 Å². The lowest BCUT2D eigenvalue weighted by Gasteiger charge is -2.22. The molecule has 3 heterocycles. The third kappa shape index (κ3) is 6.03. The van der Waals surface area contributed by atoms with Crippen molar-refractivity contribution in [3.8, 4) is 0 Å². The van der Waals surface area contributed by atoms with Crippen LogP contribution in [0.5, 0.6) is 0 Å². The van der Waals surface area contributed by atoms with Crippen LogP contribution < -0.4 is 11.0 Å². The summed E-state index contributed by atoms with van der Waals surface area (Å²) in [6.07, 6.45) is 5.83. The highest BCUT2D eigenvalue weighted by atomic mass is 32.1. The number of carboxylic acids is 1. The topological polar surface area (TPSA) is 130 Å². The normalized spacial score (nSPS) is 12.4. The fourth-order valence-electron chi connectivity index (χ4n) is 5.13. The number of anilines is 1. The van der Waals surface area contributed by atoms with E-state index < -0.39 is 11.9 Å². The van der Waals surface area contributed by atoms with Gasteiger partial charge in [0, 0.05) is 28.4 Å². The van der Waals surface area contributed by atoms with Crippen molar-refractivity contribution < 1.29 is 14.7 Å². The summed E-state index contributed by atoms with van der Waals surface area (Å²) in [5.74, 6) is -1.68. The molecule has 0 aliphatic heterocycles. The lowest BCUT2D eigenvalue weighted by atomic mass is 9.83. The highest BCUT2D eigenvalue weighted by molar-refractivity contribution is 7.71. The summed E-state index contributed by atoms with van der Waals surface area (Å²) < 4.78 is 1.90. The molecule has 1 amide bonds. The van der Waals surface area contributed by atoms with Crippen molar-refractivity contribution in [3.63, 3.8) is 0 Å². The van der Waals surface area contributed by atoms with Crippen molar-refractivity contribution in [2.24, 2.45) is 0 Å². The maximum Gasteiger partial charge on any atom is 0.326 e. The van der Waals surface area contributed by atoms with E-state index in [-0.39, 0.29) is 35.4 Å². The first kappa shape index (κ1) is 28.6. The lowest BCUT2D eigenvalue weighted by Crippen LogP contribution is -2.25. The fourth-order valence-corrected chi connectivity index (χ4v) is 6.86. The van der Waals surface area contributed by atoms with E-state index in [0.29, 0.717) is 15.3 Å². The largest absolute Gasteiger partial charge is 0.481 e. The Bertz CT molecular complexity index is 2000. The first-order valence-electron chi connectivity index (χ1n) is 13.3. The molecule has 9 nitrogen and oxygen atoms in total. The molecule has 0 unspecified atom stereocenters. The molecule has 0 saturated heterocycles. The number of thiazole rings is 2. The van der Waals surface area contributed by atoms with Crippen LogP contribution in [0.3, 0.4) is 0 Å². The van der Waals surface area contributed by atoms with Gasteiger partial charge in [-0.3, -0.25) is 24.5 Å². The molecule has 3 N–H and O–H groups in total. The Morgan fingerprint density at radius 1 is 1.00 bits per heavy atom. The molecule has 12 heteroatoms. The van der Waals surface area contributed by atoms with Gasteiger partial charge < -0.3 is 5.11 Å². The molecule has 2 aromatic carbocycles. The fraction of sp³-hybridized carbons (Fsp3) is 0.161. The summed E-state index contributed by atoms with van der Waals surface area (Å²) in [7, 11) is 0. The minimum Gasteiger partial charge on any atom is -0.481 e. The van der Waals surface area contributed by atoms with Gasteiger partial charge in [0.15, 0.2) is 5.13 Å². The third-order valence-electron chi connectivity index (χ3n) is 7.09. The van der Waals surface area contributed by atoms with Crippen LogP contribution >= 0.6 is 34.9 Å². The van der Waals surface area contributed by atoms with Crippen molar-refractivity contribution in [3.05, 3.63) is 124 Å². The standard InChI is InChI=1S/C31H25N5O4S3/c1-16-3-7-21-18(9-16)5-6-19-10-17(2)4-8-22(19)27(21)23-12-36(31(40)35-29(23)41)13-25-33-24(15-42-25)28(39)34-30-32-20(14-43-30)11-26(37)38/h3-10,12,14-15,27H,11,13H2,1-2H3,(H,37,38)(H,32,34,39)(H,35,40,41). The van der Waals surface area contributed by atoms with Crippen LogP contribution in [0.4, 0.5) is 5.13 Å². The summed E-state index contributed by atoms with van der Waals surface area (Å²) in [4.78, 5) is 48.2. The van der Waals surface area contributed by atoms with Gasteiger partial charge in [0.25, 0.3) is 5.91 Å². The second kappa shape index (κ2) is 11.6. The number of aromatic nitrogens is 4. The molecule has 0 bridgehead atoms. The summed E-state index contributed by atoms with van der Waals surface area (Å²) >= 11 is 8.13. The van der Waals surface area contributed by atoms with Crippen LogP contribution in [-0.4, -0.2) is 36.5 Å². The number of aromatic amines is 1. The maximum atomic E-state index is 13.1. The first-order chi connectivity index (χ1) is 20.6. The third-order valence-corrected chi connectivity index (χ3v) is 9.07. The number of rotatable bonds is 7. The molecule has 5 aromatic rings. The van der Waals surface area contributed by atoms with Gasteiger partial charge in [-0.1, -0.05) is 71.9 Å². The number of hydrogen-bond acceptors (Lipinski definition) is 8. The number of carbonyl (C=O) groups excluding carboxylic acids is 1. The van der Waals surface area contributed by atoms with Gasteiger partial charge in [0.05, 0.1) is 18.7 Å². The summed E-state index contributed by atoms with van der Waals surface area (Å²) in [5.41, 5.74) is 7.64. The minimum absolute atomic E-state index is 0.141. The van der Waals surface area contributed by atoms with Crippen molar-refractivity contribution in [2.75, 3.05) is 5.32 Å². The van der Waals surface area contributed by atoms with Gasteiger partial charge in [0.2, 0.25) is 0 Å². The Morgan fingerprint density at radius 2 is 1.67 bits per heavy atom. The molecule has 1 aliphatic carbocycles.